The molecule has 4 rings (SSSR count). The zero-order chi connectivity index (χ0) is 18.1. The SMILES string of the molecule is CC(NC(=O)C1(c2ccc(Br)cc2)CC1)c1nc(-c2ccncc2)cs1. The fourth-order valence-electron chi connectivity index (χ4n) is 3.08. The molecule has 1 aliphatic rings. The van der Waals surface area contributed by atoms with Gasteiger partial charge in [0.2, 0.25) is 5.91 Å². The van der Waals surface area contributed by atoms with E-state index >= 15 is 0 Å². The Morgan fingerprint density at radius 2 is 1.88 bits per heavy atom. The highest BCUT2D eigenvalue weighted by Gasteiger charge is 2.51. The lowest BCUT2D eigenvalue weighted by Crippen LogP contribution is -2.36. The second-order valence-electron chi connectivity index (χ2n) is 6.59. The van der Waals surface area contributed by atoms with E-state index in [1.165, 1.54) is 0 Å². The van der Waals surface area contributed by atoms with Gasteiger partial charge in [0, 0.05) is 27.8 Å². The van der Waals surface area contributed by atoms with Crippen molar-refractivity contribution in [2.45, 2.75) is 31.2 Å². The zero-order valence-electron chi connectivity index (χ0n) is 14.3. The minimum Gasteiger partial charge on any atom is -0.346 e. The Kier molecular flexibility index (Phi) is 4.63. The van der Waals surface area contributed by atoms with Crippen molar-refractivity contribution in [2.75, 3.05) is 0 Å². The number of nitrogens with zero attached hydrogens (tertiary/aromatic N) is 2. The summed E-state index contributed by atoms with van der Waals surface area (Å²) in [6, 6.07) is 11.8. The second-order valence-corrected chi connectivity index (χ2v) is 8.40. The first-order chi connectivity index (χ1) is 12.6. The van der Waals surface area contributed by atoms with Crippen molar-refractivity contribution in [1.29, 1.82) is 0 Å². The number of carbonyl (C=O) groups excluding carboxylic acids is 1. The largest absolute Gasteiger partial charge is 0.346 e. The summed E-state index contributed by atoms with van der Waals surface area (Å²) in [5.74, 6) is 0.0907. The molecular formula is C20H18BrN3OS. The predicted octanol–water partition coefficient (Wildman–Crippen LogP) is 4.88. The van der Waals surface area contributed by atoms with Gasteiger partial charge in [-0.3, -0.25) is 9.78 Å². The van der Waals surface area contributed by atoms with Gasteiger partial charge >= 0.3 is 0 Å². The molecule has 0 radical (unpaired) electrons. The van der Waals surface area contributed by atoms with Crippen LogP contribution in [0, 0.1) is 0 Å². The Morgan fingerprint density at radius 1 is 1.19 bits per heavy atom. The van der Waals surface area contributed by atoms with Gasteiger partial charge < -0.3 is 5.32 Å². The smallest absolute Gasteiger partial charge is 0.231 e. The number of pyridine rings is 1. The highest BCUT2D eigenvalue weighted by atomic mass is 79.9. The van der Waals surface area contributed by atoms with E-state index in [-0.39, 0.29) is 17.4 Å². The van der Waals surface area contributed by atoms with Crippen LogP contribution in [0.4, 0.5) is 0 Å². The number of hydrogen-bond acceptors (Lipinski definition) is 4. The fourth-order valence-corrected chi connectivity index (χ4v) is 4.18. The number of amides is 1. The summed E-state index contributed by atoms with van der Waals surface area (Å²) in [6.07, 6.45) is 5.31. The predicted molar refractivity (Wildman–Crippen MR) is 107 cm³/mol. The minimum atomic E-state index is -0.375. The van der Waals surface area contributed by atoms with Crippen LogP contribution in [0.2, 0.25) is 0 Å². The van der Waals surface area contributed by atoms with Gasteiger partial charge in [-0.25, -0.2) is 4.98 Å². The van der Waals surface area contributed by atoms with Gasteiger partial charge in [-0.05, 0) is 49.6 Å². The average Bonchev–Trinajstić information content (AvgIpc) is 3.32. The van der Waals surface area contributed by atoms with E-state index < -0.39 is 0 Å². The molecule has 1 aromatic carbocycles. The Labute approximate surface area is 164 Å². The summed E-state index contributed by atoms with van der Waals surface area (Å²) >= 11 is 5.02. The summed E-state index contributed by atoms with van der Waals surface area (Å²) < 4.78 is 1.03. The van der Waals surface area contributed by atoms with E-state index in [0.29, 0.717) is 0 Å². The van der Waals surface area contributed by atoms with Crippen LogP contribution < -0.4 is 5.32 Å². The van der Waals surface area contributed by atoms with Crippen LogP contribution in [-0.4, -0.2) is 15.9 Å². The van der Waals surface area contributed by atoms with E-state index in [4.69, 9.17) is 4.98 Å². The van der Waals surface area contributed by atoms with Crippen molar-refractivity contribution in [3.8, 4) is 11.3 Å². The topological polar surface area (TPSA) is 54.9 Å². The van der Waals surface area contributed by atoms with E-state index in [1.807, 2.05) is 48.7 Å². The van der Waals surface area contributed by atoms with Crippen LogP contribution in [0.1, 0.15) is 36.4 Å². The minimum absolute atomic E-state index is 0.0907. The van der Waals surface area contributed by atoms with Crippen LogP contribution in [-0.2, 0) is 10.2 Å². The molecule has 1 amide bonds. The summed E-state index contributed by atoms with van der Waals surface area (Å²) in [5, 5.41) is 6.10. The molecular weight excluding hydrogens is 410 g/mol. The number of hydrogen-bond donors (Lipinski definition) is 1. The molecule has 2 heterocycles. The van der Waals surface area contributed by atoms with Gasteiger partial charge in [0.25, 0.3) is 0 Å². The highest BCUT2D eigenvalue weighted by Crippen LogP contribution is 2.49. The molecule has 4 nitrogen and oxygen atoms in total. The first-order valence-corrected chi connectivity index (χ1v) is 10.2. The summed E-state index contributed by atoms with van der Waals surface area (Å²) in [4.78, 5) is 21.6. The van der Waals surface area contributed by atoms with Crippen molar-refractivity contribution in [3.63, 3.8) is 0 Å². The highest BCUT2D eigenvalue weighted by molar-refractivity contribution is 9.10. The van der Waals surface area contributed by atoms with Gasteiger partial charge in [0.05, 0.1) is 17.2 Å². The number of halogens is 1. The maximum Gasteiger partial charge on any atom is 0.231 e. The lowest BCUT2D eigenvalue weighted by atomic mass is 9.95. The van der Waals surface area contributed by atoms with E-state index in [2.05, 4.69) is 26.2 Å². The van der Waals surface area contributed by atoms with Crippen molar-refractivity contribution < 1.29 is 4.79 Å². The molecule has 1 atom stereocenters. The van der Waals surface area contributed by atoms with E-state index in [0.717, 1.165) is 39.1 Å². The van der Waals surface area contributed by atoms with Crippen LogP contribution in [0.15, 0.2) is 58.6 Å². The number of thiazole rings is 1. The Balaban J connectivity index is 1.48. The van der Waals surface area contributed by atoms with Gasteiger partial charge in [0.15, 0.2) is 0 Å². The zero-order valence-corrected chi connectivity index (χ0v) is 16.7. The van der Waals surface area contributed by atoms with Crippen molar-refractivity contribution in [1.82, 2.24) is 15.3 Å². The molecule has 1 fully saturated rings. The van der Waals surface area contributed by atoms with Gasteiger partial charge in [0.1, 0.15) is 5.01 Å². The van der Waals surface area contributed by atoms with Crippen molar-refractivity contribution >= 4 is 33.2 Å². The average molecular weight is 428 g/mol. The molecule has 0 spiro atoms. The Bertz CT molecular complexity index is 920. The summed E-state index contributed by atoms with van der Waals surface area (Å²) in [7, 11) is 0. The summed E-state index contributed by atoms with van der Waals surface area (Å²) in [6.45, 7) is 1.99. The molecule has 2 aromatic heterocycles. The molecule has 0 bridgehead atoms. The standard InChI is InChI=1S/C20H18BrN3OS/c1-13(18-24-17(12-26-18)14-6-10-22-11-7-14)23-19(25)20(8-9-20)15-2-4-16(21)5-3-15/h2-7,10-13H,8-9H2,1H3,(H,23,25). The van der Waals surface area contributed by atoms with Crippen LogP contribution in [0.5, 0.6) is 0 Å². The third kappa shape index (κ3) is 3.31. The third-order valence-electron chi connectivity index (χ3n) is 4.80. The van der Waals surface area contributed by atoms with Gasteiger partial charge in [-0.1, -0.05) is 28.1 Å². The first-order valence-electron chi connectivity index (χ1n) is 8.51. The lowest BCUT2D eigenvalue weighted by molar-refractivity contribution is -0.124. The van der Waals surface area contributed by atoms with Gasteiger partial charge in [-0.15, -0.1) is 11.3 Å². The maximum atomic E-state index is 12.9. The maximum absolute atomic E-state index is 12.9. The van der Waals surface area contributed by atoms with Crippen molar-refractivity contribution in [2.24, 2.45) is 0 Å². The Morgan fingerprint density at radius 3 is 2.54 bits per heavy atom. The first kappa shape index (κ1) is 17.4. The molecule has 132 valence electrons. The molecule has 6 heteroatoms. The number of nitrogens with one attached hydrogen (secondary N) is 1. The summed E-state index contributed by atoms with van der Waals surface area (Å²) in [5.41, 5.74) is 2.67. The molecule has 3 aromatic rings. The molecule has 0 saturated heterocycles. The monoisotopic (exact) mass is 427 g/mol. The molecule has 1 unspecified atom stereocenters. The number of rotatable bonds is 5. The van der Waals surface area contributed by atoms with Crippen LogP contribution >= 0.6 is 27.3 Å². The van der Waals surface area contributed by atoms with Crippen LogP contribution in [0.3, 0.4) is 0 Å². The second kappa shape index (κ2) is 6.93. The van der Waals surface area contributed by atoms with E-state index in [9.17, 15) is 4.79 Å². The van der Waals surface area contributed by atoms with Gasteiger partial charge in [-0.2, -0.15) is 0 Å². The normalized spacial score (nSPS) is 16.1. The lowest BCUT2D eigenvalue weighted by Gasteiger charge is -2.19. The molecule has 26 heavy (non-hydrogen) atoms. The molecule has 0 aliphatic heterocycles. The number of benzene rings is 1. The molecule has 1 saturated carbocycles. The third-order valence-corrected chi connectivity index (χ3v) is 6.35. The fraction of sp³-hybridized carbons (Fsp3) is 0.250. The molecule has 1 N–H and O–H groups in total. The molecule has 1 aliphatic carbocycles. The van der Waals surface area contributed by atoms with Crippen LogP contribution in [0.25, 0.3) is 11.3 Å². The number of aromatic nitrogens is 2. The quantitative estimate of drug-likeness (QED) is 0.631. The Hall–Kier alpha value is -2.05. The van der Waals surface area contributed by atoms with E-state index in [1.54, 1.807) is 23.7 Å². The number of carbonyl (C=O) groups is 1. The van der Waals surface area contributed by atoms with Crippen molar-refractivity contribution in [3.05, 3.63) is 69.2 Å².